The molecule has 1 saturated carbocycles. The van der Waals surface area contributed by atoms with E-state index in [0.29, 0.717) is 6.04 Å². The minimum absolute atomic E-state index is 0.633. The number of benzene rings is 1. The number of hydrogen-bond acceptors (Lipinski definition) is 3. The Balaban J connectivity index is 2.04. The van der Waals surface area contributed by atoms with Gasteiger partial charge in [-0.2, -0.15) is 0 Å². The molecule has 3 nitrogen and oxygen atoms in total. The monoisotopic (exact) mass is 290 g/mol. The number of hydrogen-bond donors (Lipinski definition) is 1. The lowest BCUT2D eigenvalue weighted by molar-refractivity contribution is 0.311. The SMILES string of the molecule is CCCOc1cc(N)cc(N(C)C2CCC(CC)CC2)c1. The highest BCUT2D eigenvalue weighted by molar-refractivity contribution is 5.60. The van der Waals surface area contributed by atoms with Gasteiger partial charge in [-0.25, -0.2) is 0 Å². The first-order chi connectivity index (χ1) is 10.1. The largest absolute Gasteiger partial charge is 0.493 e. The molecule has 1 aliphatic carbocycles. The van der Waals surface area contributed by atoms with Gasteiger partial charge in [0.15, 0.2) is 0 Å². The fraction of sp³-hybridized carbons (Fsp3) is 0.667. The van der Waals surface area contributed by atoms with Gasteiger partial charge in [0.25, 0.3) is 0 Å². The second kappa shape index (κ2) is 7.58. The van der Waals surface area contributed by atoms with E-state index in [-0.39, 0.29) is 0 Å². The van der Waals surface area contributed by atoms with Gasteiger partial charge in [-0.05, 0) is 44.1 Å². The molecule has 0 bridgehead atoms. The first-order valence-corrected chi connectivity index (χ1v) is 8.40. The van der Waals surface area contributed by atoms with E-state index in [1.165, 1.54) is 37.8 Å². The molecule has 1 aliphatic rings. The highest BCUT2D eigenvalue weighted by atomic mass is 16.5. The van der Waals surface area contributed by atoms with Crippen molar-refractivity contribution in [1.82, 2.24) is 0 Å². The van der Waals surface area contributed by atoms with E-state index in [4.69, 9.17) is 10.5 Å². The van der Waals surface area contributed by atoms with Crippen LogP contribution in [0.25, 0.3) is 0 Å². The van der Waals surface area contributed by atoms with Crippen LogP contribution in [-0.2, 0) is 0 Å². The summed E-state index contributed by atoms with van der Waals surface area (Å²) in [5.74, 6) is 1.82. The topological polar surface area (TPSA) is 38.5 Å². The quantitative estimate of drug-likeness (QED) is 0.786. The Morgan fingerprint density at radius 3 is 2.48 bits per heavy atom. The van der Waals surface area contributed by atoms with Gasteiger partial charge in [-0.3, -0.25) is 0 Å². The normalized spacial score (nSPS) is 22.0. The van der Waals surface area contributed by atoms with Crippen molar-refractivity contribution in [1.29, 1.82) is 0 Å². The van der Waals surface area contributed by atoms with Gasteiger partial charge < -0.3 is 15.4 Å². The van der Waals surface area contributed by atoms with Gasteiger partial charge in [0.2, 0.25) is 0 Å². The number of nitrogen functional groups attached to an aromatic ring is 1. The van der Waals surface area contributed by atoms with Gasteiger partial charge in [-0.15, -0.1) is 0 Å². The van der Waals surface area contributed by atoms with Crippen LogP contribution in [0.4, 0.5) is 11.4 Å². The molecule has 0 saturated heterocycles. The molecule has 2 N–H and O–H groups in total. The molecule has 1 aromatic rings. The Labute approximate surface area is 129 Å². The van der Waals surface area contributed by atoms with Crippen molar-refractivity contribution < 1.29 is 4.74 Å². The molecule has 0 amide bonds. The van der Waals surface area contributed by atoms with Crippen molar-refractivity contribution in [2.75, 3.05) is 24.3 Å². The Morgan fingerprint density at radius 2 is 1.86 bits per heavy atom. The number of nitrogens with two attached hydrogens (primary N) is 1. The summed E-state index contributed by atoms with van der Waals surface area (Å²) in [5.41, 5.74) is 8.00. The summed E-state index contributed by atoms with van der Waals surface area (Å²) in [5, 5.41) is 0. The second-order valence-electron chi connectivity index (χ2n) is 6.30. The number of anilines is 2. The molecule has 0 unspecified atom stereocenters. The van der Waals surface area contributed by atoms with E-state index in [9.17, 15) is 0 Å². The van der Waals surface area contributed by atoms with Gasteiger partial charge in [0, 0.05) is 36.6 Å². The van der Waals surface area contributed by atoms with Crippen molar-refractivity contribution >= 4 is 11.4 Å². The van der Waals surface area contributed by atoms with E-state index in [2.05, 4.69) is 37.9 Å². The predicted molar refractivity (Wildman–Crippen MR) is 91.1 cm³/mol. The molecule has 0 spiro atoms. The molecule has 21 heavy (non-hydrogen) atoms. The summed E-state index contributed by atoms with van der Waals surface area (Å²) in [6.07, 6.45) is 7.62. The molecule has 0 heterocycles. The van der Waals surface area contributed by atoms with E-state index >= 15 is 0 Å². The molecule has 0 aromatic heterocycles. The Kier molecular flexibility index (Phi) is 5.77. The van der Waals surface area contributed by atoms with Gasteiger partial charge in [-0.1, -0.05) is 20.3 Å². The molecule has 2 rings (SSSR count). The first kappa shape index (κ1) is 16.0. The van der Waals surface area contributed by atoms with Crippen molar-refractivity contribution in [3.8, 4) is 5.75 Å². The van der Waals surface area contributed by atoms with Crippen molar-refractivity contribution in [3.05, 3.63) is 18.2 Å². The maximum Gasteiger partial charge on any atom is 0.123 e. The summed E-state index contributed by atoms with van der Waals surface area (Å²) >= 11 is 0. The second-order valence-corrected chi connectivity index (χ2v) is 6.30. The molecule has 0 atom stereocenters. The predicted octanol–water partition coefficient (Wildman–Crippen LogP) is 4.46. The van der Waals surface area contributed by atoms with E-state index < -0.39 is 0 Å². The zero-order chi connectivity index (χ0) is 15.2. The zero-order valence-electron chi connectivity index (χ0n) is 13.8. The summed E-state index contributed by atoms with van der Waals surface area (Å²) in [6.45, 7) is 5.17. The lowest BCUT2D eigenvalue weighted by Crippen LogP contribution is -2.35. The van der Waals surface area contributed by atoms with E-state index in [1.54, 1.807) is 0 Å². The third kappa shape index (κ3) is 4.29. The molecular weight excluding hydrogens is 260 g/mol. The van der Waals surface area contributed by atoms with E-state index in [0.717, 1.165) is 30.4 Å². The Hall–Kier alpha value is -1.38. The van der Waals surface area contributed by atoms with Crippen LogP contribution in [0.3, 0.4) is 0 Å². The van der Waals surface area contributed by atoms with Gasteiger partial charge in [0.05, 0.1) is 6.61 Å². The lowest BCUT2D eigenvalue weighted by atomic mass is 9.84. The number of nitrogens with zero attached hydrogens (tertiary/aromatic N) is 1. The van der Waals surface area contributed by atoms with Crippen molar-refractivity contribution in [2.24, 2.45) is 5.92 Å². The first-order valence-electron chi connectivity index (χ1n) is 8.40. The lowest BCUT2D eigenvalue weighted by Gasteiger charge is -2.36. The average Bonchev–Trinajstić information content (AvgIpc) is 2.51. The van der Waals surface area contributed by atoms with Crippen LogP contribution in [0.5, 0.6) is 5.75 Å². The summed E-state index contributed by atoms with van der Waals surface area (Å²) < 4.78 is 5.74. The summed E-state index contributed by atoms with van der Waals surface area (Å²) in [6, 6.07) is 6.73. The third-order valence-electron chi connectivity index (χ3n) is 4.74. The van der Waals surface area contributed by atoms with Crippen molar-refractivity contribution in [3.63, 3.8) is 0 Å². The highest BCUT2D eigenvalue weighted by Crippen LogP contribution is 2.33. The molecule has 0 aliphatic heterocycles. The number of ether oxygens (including phenoxy) is 1. The van der Waals surface area contributed by atoms with E-state index in [1.807, 2.05) is 6.07 Å². The van der Waals surface area contributed by atoms with Gasteiger partial charge >= 0.3 is 0 Å². The smallest absolute Gasteiger partial charge is 0.123 e. The Morgan fingerprint density at radius 1 is 1.14 bits per heavy atom. The van der Waals surface area contributed by atoms with Gasteiger partial charge in [0.1, 0.15) is 5.75 Å². The Bertz CT molecular complexity index is 439. The van der Waals surface area contributed by atoms with Crippen LogP contribution in [-0.4, -0.2) is 19.7 Å². The van der Waals surface area contributed by atoms with Crippen LogP contribution in [0.15, 0.2) is 18.2 Å². The maximum atomic E-state index is 6.04. The molecular formula is C18H30N2O. The van der Waals surface area contributed by atoms with Crippen LogP contribution in [0.2, 0.25) is 0 Å². The average molecular weight is 290 g/mol. The van der Waals surface area contributed by atoms with Crippen molar-refractivity contribution in [2.45, 2.75) is 58.4 Å². The molecule has 3 heteroatoms. The minimum Gasteiger partial charge on any atom is -0.493 e. The van der Waals surface area contributed by atoms with Crippen LogP contribution < -0.4 is 15.4 Å². The fourth-order valence-electron chi connectivity index (χ4n) is 3.26. The number of rotatable bonds is 6. The standard InChI is InChI=1S/C18H30N2O/c1-4-10-21-18-12-15(19)11-17(13-18)20(3)16-8-6-14(5-2)7-9-16/h11-14,16H,4-10,19H2,1-3H3. The zero-order valence-corrected chi connectivity index (χ0v) is 13.8. The summed E-state index contributed by atoms with van der Waals surface area (Å²) in [7, 11) is 2.19. The molecule has 0 radical (unpaired) electrons. The van der Waals surface area contributed by atoms with Crippen LogP contribution in [0, 0.1) is 5.92 Å². The summed E-state index contributed by atoms with van der Waals surface area (Å²) in [4.78, 5) is 2.39. The van der Waals surface area contributed by atoms with Crippen LogP contribution in [0.1, 0.15) is 52.4 Å². The minimum atomic E-state index is 0.633. The highest BCUT2D eigenvalue weighted by Gasteiger charge is 2.23. The maximum absolute atomic E-state index is 6.04. The molecule has 1 aromatic carbocycles. The fourth-order valence-corrected chi connectivity index (χ4v) is 3.26. The molecule has 118 valence electrons. The molecule has 1 fully saturated rings. The third-order valence-corrected chi connectivity index (χ3v) is 4.74. The van der Waals surface area contributed by atoms with Crippen LogP contribution >= 0.6 is 0 Å².